The number of nitrogens with one attached hydrogen (secondary N) is 1. The molecule has 0 spiro atoms. The van der Waals surface area contributed by atoms with Crippen molar-refractivity contribution in [1.29, 1.82) is 0 Å². The second kappa shape index (κ2) is 13.6. The van der Waals surface area contributed by atoms with E-state index in [0.717, 1.165) is 22.3 Å². The molecule has 0 radical (unpaired) electrons. The Kier molecular flexibility index (Phi) is 9.75. The lowest BCUT2D eigenvalue weighted by molar-refractivity contribution is -0.386. The fourth-order valence-corrected chi connectivity index (χ4v) is 4.78. The first-order valence-corrected chi connectivity index (χ1v) is 13.2. The third-order valence-corrected chi connectivity index (χ3v) is 6.70. The van der Waals surface area contributed by atoms with E-state index < -0.39 is 17.1 Å². The second-order valence-corrected chi connectivity index (χ2v) is 9.26. The SMILES string of the molecule is CCOC(=O)CCCOc1cc([N+](=O)[O-])c(C(C)ONC(=O)OCC2c3ccccc3-c3ccccc32)cc1OC. The highest BCUT2D eigenvalue weighted by Crippen LogP contribution is 2.44. The van der Waals surface area contributed by atoms with E-state index in [4.69, 9.17) is 23.8 Å². The van der Waals surface area contributed by atoms with Gasteiger partial charge in [-0.1, -0.05) is 48.5 Å². The van der Waals surface area contributed by atoms with Crippen molar-refractivity contribution in [2.24, 2.45) is 0 Å². The summed E-state index contributed by atoms with van der Waals surface area (Å²) in [4.78, 5) is 40.7. The summed E-state index contributed by atoms with van der Waals surface area (Å²) in [6.45, 7) is 3.77. The van der Waals surface area contributed by atoms with E-state index in [1.54, 1.807) is 13.8 Å². The first-order valence-electron chi connectivity index (χ1n) is 13.2. The van der Waals surface area contributed by atoms with Crippen molar-refractivity contribution in [3.8, 4) is 22.6 Å². The van der Waals surface area contributed by atoms with Gasteiger partial charge in [-0.3, -0.25) is 19.7 Å². The standard InChI is InChI=1S/C30H32N2O9/c1-4-38-29(33)14-9-15-39-28-17-26(32(35)36)24(16-27(28)37-3)19(2)41-31-30(34)40-18-25-22-12-7-5-10-20(22)21-11-6-8-13-23(21)25/h5-8,10-13,16-17,19,25H,4,9,14-15,18H2,1-3H3,(H,31,34). The highest BCUT2D eigenvalue weighted by molar-refractivity contribution is 5.79. The zero-order valence-corrected chi connectivity index (χ0v) is 23.1. The molecule has 0 saturated carbocycles. The molecule has 0 aromatic heterocycles. The second-order valence-electron chi connectivity index (χ2n) is 9.26. The van der Waals surface area contributed by atoms with Crippen molar-refractivity contribution in [3.05, 3.63) is 87.5 Å². The van der Waals surface area contributed by atoms with Gasteiger partial charge < -0.3 is 18.9 Å². The van der Waals surface area contributed by atoms with Crippen LogP contribution in [0, 0.1) is 10.1 Å². The topological polar surface area (TPSA) is 135 Å². The van der Waals surface area contributed by atoms with E-state index in [2.05, 4.69) is 5.48 Å². The maximum absolute atomic E-state index is 12.5. The van der Waals surface area contributed by atoms with Crippen LogP contribution in [0.3, 0.4) is 0 Å². The van der Waals surface area contributed by atoms with Gasteiger partial charge >= 0.3 is 12.1 Å². The summed E-state index contributed by atoms with van der Waals surface area (Å²) in [7, 11) is 1.40. The van der Waals surface area contributed by atoms with Crippen LogP contribution in [0.5, 0.6) is 11.5 Å². The summed E-state index contributed by atoms with van der Waals surface area (Å²) in [5, 5.41) is 11.8. The van der Waals surface area contributed by atoms with Gasteiger partial charge in [0.05, 0.1) is 36.9 Å². The molecule has 4 rings (SSSR count). The minimum absolute atomic E-state index is 0.0910. The smallest absolute Gasteiger partial charge is 0.431 e. The molecule has 216 valence electrons. The quantitative estimate of drug-likeness (QED) is 0.117. The number of nitro benzene ring substituents is 1. The number of nitrogens with zero attached hydrogens (tertiary/aromatic N) is 1. The first-order chi connectivity index (χ1) is 19.8. The van der Waals surface area contributed by atoms with Gasteiger partial charge in [0.25, 0.3) is 5.69 Å². The van der Waals surface area contributed by atoms with Crippen molar-refractivity contribution in [3.63, 3.8) is 0 Å². The molecule has 11 nitrogen and oxygen atoms in total. The number of ether oxygens (including phenoxy) is 4. The molecular weight excluding hydrogens is 532 g/mol. The number of fused-ring (bicyclic) bond motifs is 3. The predicted octanol–water partition coefficient (Wildman–Crippen LogP) is 5.86. The van der Waals surface area contributed by atoms with Crippen LogP contribution in [0.4, 0.5) is 10.5 Å². The first kappa shape index (κ1) is 29.3. The van der Waals surface area contributed by atoms with Crippen LogP contribution in [0.15, 0.2) is 60.7 Å². The lowest BCUT2D eigenvalue weighted by Gasteiger charge is -2.18. The molecule has 41 heavy (non-hydrogen) atoms. The Hall–Kier alpha value is -4.64. The Labute approximate surface area is 237 Å². The Morgan fingerprint density at radius 2 is 1.66 bits per heavy atom. The maximum atomic E-state index is 12.5. The third kappa shape index (κ3) is 6.93. The zero-order chi connectivity index (χ0) is 29.4. The van der Waals surface area contributed by atoms with E-state index in [9.17, 15) is 19.7 Å². The lowest BCUT2D eigenvalue weighted by atomic mass is 9.98. The average Bonchev–Trinajstić information content (AvgIpc) is 3.30. The molecule has 0 heterocycles. The number of amides is 1. The Balaban J connectivity index is 1.37. The van der Waals surface area contributed by atoms with Crippen LogP contribution in [-0.4, -0.2) is 43.9 Å². The van der Waals surface area contributed by atoms with Gasteiger partial charge in [-0.2, -0.15) is 5.48 Å². The van der Waals surface area contributed by atoms with Gasteiger partial charge in [0.15, 0.2) is 11.5 Å². The number of esters is 1. The van der Waals surface area contributed by atoms with Gasteiger partial charge in [0.2, 0.25) is 0 Å². The van der Waals surface area contributed by atoms with E-state index >= 15 is 0 Å². The Bertz CT molecular complexity index is 1360. The molecular formula is C30H32N2O9. The summed E-state index contributed by atoms with van der Waals surface area (Å²) < 4.78 is 21.4. The minimum atomic E-state index is -0.928. The summed E-state index contributed by atoms with van der Waals surface area (Å²) in [6, 6.07) is 18.6. The number of hydrogen-bond donors (Lipinski definition) is 1. The number of carbonyl (C=O) groups is 2. The number of rotatable bonds is 13. The number of hydroxylamine groups is 1. The molecule has 1 atom stereocenters. The van der Waals surface area contributed by atoms with Gasteiger partial charge in [-0.05, 0) is 48.6 Å². The number of nitro groups is 1. The highest BCUT2D eigenvalue weighted by atomic mass is 16.7. The van der Waals surface area contributed by atoms with E-state index in [1.165, 1.54) is 19.2 Å². The van der Waals surface area contributed by atoms with E-state index in [-0.39, 0.29) is 60.9 Å². The van der Waals surface area contributed by atoms with Crippen molar-refractivity contribution in [1.82, 2.24) is 5.48 Å². The van der Waals surface area contributed by atoms with Gasteiger partial charge in [0, 0.05) is 12.3 Å². The number of methoxy groups -OCH3 is 1. The van der Waals surface area contributed by atoms with E-state index in [1.807, 2.05) is 48.5 Å². The average molecular weight is 565 g/mol. The molecule has 1 unspecified atom stereocenters. The van der Waals surface area contributed by atoms with Crippen LogP contribution in [-0.2, 0) is 19.1 Å². The lowest BCUT2D eigenvalue weighted by Crippen LogP contribution is -2.27. The molecule has 0 aliphatic heterocycles. The fourth-order valence-electron chi connectivity index (χ4n) is 4.78. The van der Waals surface area contributed by atoms with Gasteiger partial charge in [-0.25, -0.2) is 4.79 Å². The molecule has 0 fully saturated rings. The molecule has 1 aliphatic carbocycles. The summed E-state index contributed by atoms with van der Waals surface area (Å²) >= 11 is 0. The van der Waals surface area contributed by atoms with Crippen molar-refractivity contribution in [2.45, 2.75) is 38.7 Å². The number of benzene rings is 3. The van der Waals surface area contributed by atoms with Crippen molar-refractivity contribution >= 4 is 17.7 Å². The molecule has 1 N–H and O–H groups in total. The summed E-state index contributed by atoms with van der Waals surface area (Å²) in [5.74, 6) is -0.0955. The summed E-state index contributed by atoms with van der Waals surface area (Å²) in [6.07, 6.45) is -1.23. The number of carbonyl (C=O) groups excluding carboxylic acids is 2. The van der Waals surface area contributed by atoms with Crippen molar-refractivity contribution in [2.75, 3.05) is 26.9 Å². The zero-order valence-electron chi connectivity index (χ0n) is 23.1. The fraction of sp³-hybridized carbons (Fsp3) is 0.333. The van der Waals surface area contributed by atoms with Crippen LogP contribution < -0.4 is 15.0 Å². The monoisotopic (exact) mass is 564 g/mol. The predicted molar refractivity (Wildman–Crippen MR) is 149 cm³/mol. The molecule has 1 amide bonds. The van der Waals surface area contributed by atoms with Crippen LogP contribution in [0.1, 0.15) is 55.4 Å². The minimum Gasteiger partial charge on any atom is -0.493 e. The molecule has 3 aromatic carbocycles. The van der Waals surface area contributed by atoms with E-state index in [0.29, 0.717) is 6.42 Å². The molecule has 3 aromatic rings. The Morgan fingerprint density at radius 1 is 1.00 bits per heavy atom. The van der Waals surface area contributed by atoms with Crippen LogP contribution in [0.25, 0.3) is 11.1 Å². The maximum Gasteiger partial charge on any atom is 0.431 e. The Morgan fingerprint density at radius 3 is 2.27 bits per heavy atom. The largest absolute Gasteiger partial charge is 0.493 e. The normalized spacial score (nSPS) is 12.6. The van der Waals surface area contributed by atoms with Gasteiger partial charge in [-0.15, -0.1) is 0 Å². The summed E-state index contributed by atoms with van der Waals surface area (Å²) in [5.41, 5.74) is 6.46. The van der Waals surface area contributed by atoms with Crippen molar-refractivity contribution < 1.29 is 38.3 Å². The number of hydrogen-bond acceptors (Lipinski definition) is 9. The highest BCUT2D eigenvalue weighted by Gasteiger charge is 2.29. The molecule has 0 bridgehead atoms. The van der Waals surface area contributed by atoms with Crippen LogP contribution in [0.2, 0.25) is 0 Å². The van der Waals surface area contributed by atoms with Gasteiger partial charge in [0.1, 0.15) is 12.7 Å². The molecule has 1 aliphatic rings. The van der Waals surface area contributed by atoms with Crippen LogP contribution >= 0.6 is 0 Å². The molecule has 11 heteroatoms. The molecule has 0 saturated heterocycles. The third-order valence-electron chi connectivity index (χ3n) is 6.70.